The van der Waals surface area contributed by atoms with E-state index >= 15 is 0 Å². The summed E-state index contributed by atoms with van der Waals surface area (Å²) in [5.41, 5.74) is -1.67. The van der Waals surface area contributed by atoms with E-state index in [1.54, 1.807) is 43.5 Å². The number of benzene rings is 3. The summed E-state index contributed by atoms with van der Waals surface area (Å²) in [7, 11) is 4.25. The number of fused-ring (bicyclic) bond motifs is 3. The average Bonchev–Trinajstić information content (AvgIpc) is 3.26. The van der Waals surface area contributed by atoms with Crippen LogP contribution in [0.3, 0.4) is 0 Å². The first-order chi connectivity index (χ1) is 16.8. The number of methoxy groups -OCH3 is 3. The molecule has 0 amide bonds. The molecular formula is C28H26O7. The van der Waals surface area contributed by atoms with Gasteiger partial charge in [-0.05, 0) is 42.3 Å². The zero-order valence-corrected chi connectivity index (χ0v) is 19.9. The van der Waals surface area contributed by atoms with Gasteiger partial charge in [0.1, 0.15) is 23.2 Å². The van der Waals surface area contributed by atoms with Crippen molar-refractivity contribution in [2.24, 2.45) is 5.92 Å². The molecule has 2 aliphatic rings. The first-order valence-corrected chi connectivity index (χ1v) is 11.3. The van der Waals surface area contributed by atoms with Gasteiger partial charge < -0.3 is 24.1 Å². The number of aliphatic hydroxyl groups is 1. The minimum absolute atomic E-state index is 0.207. The summed E-state index contributed by atoms with van der Waals surface area (Å²) in [6, 6.07) is 19.6. The highest BCUT2D eigenvalue weighted by Gasteiger charge is 2.78. The lowest BCUT2D eigenvalue weighted by Gasteiger charge is -2.39. The van der Waals surface area contributed by atoms with E-state index in [1.807, 2.05) is 37.3 Å². The highest BCUT2D eigenvalue weighted by Crippen LogP contribution is 2.68. The quantitative estimate of drug-likeness (QED) is 0.446. The number of hydrogen-bond donors (Lipinski definition) is 1. The lowest BCUT2D eigenvalue weighted by Crippen LogP contribution is -2.50. The van der Waals surface area contributed by atoms with Gasteiger partial charge in [0, 0.05) is 5.56 Å². The Balaban J connectivity index is 1.89. The van der Waals surface area contributed by atoms with Crippen LogP contribution in [0, 0.1) is 12.8 Å². The molecular weight excluding hydrogens is 448 g/mol. The minimum atomic E-state index is -2.23. The molecule has 1 aliphatic heterocycles. The third kappa shape index (κ3) is 2.94. The van der Waals surface area contributed by atoms with E-state index < -0.39 is 34.8 Å². The van der Waals surface area contributed by atoms with Gasteiger partial charge in [-0.2, -0.15) is 0 Å². The predicted molar refractivity (Wildman–Crippen MR) is 127 cm³/mol. The number of aryl methyl sites for hydroxylation is 1. The number of ether oxygens (including phenoxy) is 4. The van der Waals surface area contributed by atoms with Crippen molar-refractivity contribution in [1.82, 2.24) is 0 Å². The summed E-state index contributed by atoms with van der Waals surface area (Å²) in [5.74, 6) is -2.40. The second kappa shape index (κ2) is 8.13. The van der Waals surface area contributed by atoms with Crippen molar-refractivity contribution in [2.45, 2.75) is 24.0 Å². The lowest BCUT2D eigenvalue weighted by molar-refractivity contribution is -0.155. The molecule has 7 heteroatoms. The third-order valence-electron chi connectivity index (χ3n) is 7.14. The van der Waals surface area contributed by atoms with E-state index in [1.165, 1.54) is 14.2 Å². The van der Waals surface area contributed by atoms with Crippen LogP contribution in [0.25, 0.3) is 0 Å². The molecule has 35 heavy (non-hydrogen) atoms. The molecule has 0 spiro atoms. The van der Waals surface area contributed by atoms with E-state index in [4.69, 9.17) is 18.9 Å². The van der Waals surface area contributed by atoms with Crippen molar-refractivity contribution in [1.29, 1.82) is 0 Å². The Hall–Kier alpha value is -3.84. The largest absolute Gasteiger partial charge is 0.497 e. The molecule has 1 heterocycles. The summed E-state index contributed by atoms with van der Waals surface area (Å²) in [6.45, 7) is 1.87. The molecule has 1 fully saturated rings. The molecule has 1 N–H and O–H groups in total. The van der Waals surface area contributed by atoms with Gasteiger partial charge in [-0.25, -0.2) is 0 Å². The van der Waals surface area contributed by atoms with Crippen molar-refractivity contribution in [3.8, 4) is 17.2 Å². The summed E-state index contributed by atoms with van der Waals surface area (Å²) in [5, 5.41) is 12.5. The molecule has 0 radical (unpaired) electrons. The smallest absolute Gasteiger partial charge is 0.317 e. The zero-order chi connectivity index (χ0) is 25.0. The SMILES string of the molecule is COC(=O)C1C(=O)C2(O)c3c(OC)cc(C)cc3O[C@@]2(c2ccc(OC)cc2)C1c1ccccc1. The van der Waals surface area contributed by atoms with Crippen LogP contribution in [-0.2, 0) is 25.5 Å². The maximum absolute atomic E-state index is 14.2. The maximum Gasteiger partial charge on any atom is 0.317 e. The van der Waals surface area contributed by atoms with Crippen LogP contribution in [0.1, 0.15) is 28.2 Å². The minimum Gasteiger partial charge on any atom is -0.497 e. The first-order valence-electron chi connectivity index (χ1n) is 11.3. The van der Waals surface area contributed by atoms with Crippen molar-refractivity contribution < 1.29 is 33.6 Å². The van der Waals surface area contributed by atoms with Gasteiger partial charge in [-0.3, -0.25) is 9.59 Å². The van der Waals surface area contributed by atoms with Gasteiger partial charge in [-0.15, -0.1) is 0 Å². The predicted octanol–water partition coefficient (Wildman–Crippen LogP) is 3.64. The number of esters is 1. The second-order valence-corrected chi connectivity index (χ2v) is 8.87. The third-order valence-corrected chi connectivity index (χ3v) is 7.14. The molecule has 0 saturated heterocycles. The van der Waals surface area contributed by atoms with Crippen LogP contribution in [0.15, 0.2) is 66.7 Å². The van der Waals surface area contributed by atoms with E-state index in [2.05, 4.69) is 0 Å². The van der Waals surface area contributed by atoms with Gasteiger partial charge in [0.05, 0.1) is 32.8 Å². The number of hydrogen-bond acceptors (Lipinski definition) is 7. The van der Waals surface area contributed by atoms with Crippen LogP contribution >= 0.6 is 0 Å². The van der Waals surface area contributed by atoms with Crippen molar-refractivity contribution >= 4 is 11.8 Å². The standard InChI is InChI=1S/C28H26O7/c1-16-14-20(33-3)24-21(15-16)35-28(18-10-12-19(32-2)13-11-18)23(17-8-6-5-7-9-17)22(26(30)34-4)25(29)27(24,28)31/h5-15,22-23,31H,1-4H3/t22?,23?,27?,28-/m0/s1. The molecule has 3 unspecified atom stereocenters. The first kappa shape index (κ1) is 22.9. The molecule has 3 aromatic carbocycles. The molecule has 1 aliphatic carbocycles. The van der Waals surface area contributed by atoms with Gasteiger partial charge >= 0.3 is 5.97 Å². The Labute approximate surface area is 203 Å². The number of Topliss-reactive ketones (excluding diaryl/α,β-unsaturated/α-hetero) is 1. The summed E-state index contributed by atoms with van der Waals surface area (Å²) in [4.78, 5) is 27.3. The fourth-order valence-electron chi connectivity index (χ4n) is 5.70. The Morgan fingerprint density at radius 1 is 0.971 bits per heavy atom. The fourth-order valence-corrected chi connectivity index (χ4v) is 5.70. The van der Waals surface area contributed by atoms with E-state index in [0.29, 0.717) is 28.4 Å². The van der Waals surface area contributed by atoms with Crippen LogP contribution in [0.5, 0.6) is 17.2 Å². The summed E-state index contributed by atoms with van der Waals surface area (Å²) < 4.78 is 22.7. The van der Waals surface area contributed by atoms with Crippen LogP contribution in [0.4, 0.5) is 0 Å². The lowest BCUT2D eigenvalue weighted by atomic mass is 9.70. The Morgan fingerprint density at radius 2 is 1.66 bits per heavy atom. The highest BCUT2D eigenvalue weighted by molar-refractivity contribution is 6.10. The Kier molecular flexibility index (Phi) is 5.33. The molecule has 5 rings (SSSR count). The topological polar surface area (TPSA) is 91.3 Å². The second-order valence-electron chi connectivity index (χ2n) is 8.87. The number of carbonyl (C=O) groups is 2. The monoisotopic (exact) mass is 474 g/mol. The van der Waals surface area contributed by atoms with Gasteiger partial charge in [0.15, 0.2) is 11.4 Å². The van der Waals surface area contributed by atoms with E-state index in [-0.39, 0.29) is 5.56 Å². The molecule has 0 bridgehead atoms. The molecule has 1 saturated carbocycles. The number of carbonyl (C=O) groups excluding carboxylic acids is 2. The van der Waals surface area contributed by atoms with Gasteiger partial charge in [0.2, 0.25) is 5.60 Å². The highest BCUT2D eigenvalue weighted by atomic mass is 16.5. The van der Waals surface area contributed by atoms with Gasteiger partial charge in [0.25, 0.3) is 0 Å². The Bertz CT molecular complexity index is 1300. The summed E-state index contributed by atoms with van der Waals surface area (Å²) >= 11 is 0. The van der Waals surface area contributed by atoms with E-state index in [0.717, 1.165) is 5.56 Å². The average molecular weight is 475 g/mol. The van der Waals surface area contributed by atoms with E-state index in [9.17, 15) is 14.7 Å². The van der Waals surface area contributed by atoms with Crippen LogP contribution < -0.4 is 14.2 Å². The van der Waals surface area contributed by atoms with Crippen LogP contribution in [0.2, 0.25) is 0 Å². The normalized spacial score (nSPS) is 26.5. The molecule has 3 aromatic rings. The number of ketones is 1. The zero-order valence-electron chi connectivity index (χ0n) is 19.9. The number of rotatable bonds is 5. The Morgan fingerprint density at radius 3 is 2.26 bits per heavy atom. The van der Waals surface area contributed by atoms with Crippen molar-refractivity contribution in [3.63, 3.8) is 0 Å². The molecule has 4 atom stereocenters. The summed E-state index contributed by atoms with van der Waals surface area (Å²) in [6.07, 6.45) is 0. The molecule has 0 aromatic heterocycles. The fraction of sp³-hybridized carbons (Fsp3) is 0.286. The maximum atomic E-state index is 14.2. The van der Waals surface area contributed by atoms with Crippen molar-refractivity contribution in [3.05, 3.63) is 89.0 Å². The molecule has 180 valence electrons. The van der Waals surface area contributed by atoms with Gasteiger partial charge in [-0.1, -0.05) is 42.5 Å². The van der Waals surface area contributed by atoms with Crippen molar-refractivity contribution in [2.75, 3.05) is 21.3 Å². The molecule has 7 nitrogen and oxygen atoms in total. The van der Waals surface area contributed by atoms with Crippen LogP contribution in [-0.4, -0.2) is 38.2 Å².